The second-order valence-corrected chi connectivity index (χ2v) is 32.7. The van der Waals surface area contributed by atoms with E-state index in [1.165, 1.54) is 65.4 Å². The molecular weight excluding hydrogens is 1600 g/mol. The monoisotopic (exact) mass is 1680 g/mol. The zero-order valence-electron chi connectivity index (χ0n) is 70.4. The van der Waals surface area contributed by atoms with Crippen molar-refractivity contribution in [2.75, 3.05) is 0 Å². The van der Waals surface area contributed by atoms with E-state index >= 15 is 0 Å². The molecule has 0 bridgehead atoms. The first kappa shape index (κ1) is 75.4. The van der Waals surface area contributed by atoms with Gasteiger partial charge in [-0.05, 0) is 179 Å². The lowest BCUT2D eigenvalue weighted by atomic mass is 9.98. The van der Waals surface area contributed by atoms with Gasteiger partial charge >= 0.3 is 0 Å². The molecule has 9 heterocycles. The van der Waals surface area contributed by atoms with Crippen molar-refractivity contribution >= 4 is 109 Å². The van der Waals surface area contributed by atoms with E-state index < -0.39 is 0 Å². The van der Waals surface area contributed by atoms with Crippen LogP contribution < -0.4 is 0 Å². The van der Waals surface area contributed by atoms with E-state index in [2.05, 4.69) is 320 Å². The molecule has 15 nitrogen and oxygen atoms in total. The van der Waals surface area contributed by atoms with Gasteiger partial charge < -0.3 is 13.7 Å². The van der Waals surface area contributed by atoms with Gasteiger partial charge in [0.1, 0.15) is 11.6 Å². The van der Waals surface area contributed by atoms with Crippen molar-refractivity contribution in [1.82, 2.24) is 72.7 Å². The Kier molecular flexibility index (Phi) is 18.2. The van der Waals surface area contributed by atoms with Gasteiger partial charge in [0.15, 0.2) is 34.9 Å². The SMILES string of the molecule is c1ccc(-c2nc(-c3ccccc3)nc(-c3nccc(-n4c5ccc(-c6ccc7c(c6)c6ccccc6n7-c6ccccc6)cc5c5cc(-c6ccc7c(c6)c6ccccc6n7-c6ccccc6)ccc54)n3)n2)cc1.c1ccc(-c2nc(-c3ccccc3)nc(-c3nccc(-n4c5ccccc5c5cc(-c6ccc7c(c6)c6ccccc6n7-c6ccccc6)ccc54)n3)n2)cc1. The number of nitrogens with zero attached hydrogens (tertiary/aromatic N) is 15. The van der Waals surface area contributed by atoms with Gasteiger partial charge in [0.2, 0.25) is 11.6 Å². The molecule has 26 rings (SSSR count). The molecule has 17 aromatic carbocycles. The normalized spacial score (nSPS) is 11.7. The number of hydrogen-bond acceptors (Lipinski definition) is 10. The predicted octanol–water partition coefficient (Wildman–Crippen LogP) is 27.8. The Hall–Kier alpha value is -18.1. The first-order chi connectivity index (χ1) is 64.9. The molecule has 0 N–H and O–H groups in total. The van der Waals surface area contributed by atoms with Crippen LogP contribution in [0.3, 0.4) is 0 Å². The Balaban J connectivity index is 0.000000147. The molecule has 0 fully saturated rings. The highest BCUT2D eigenvalue weighted by Gasteiger charge is 2.25. The Morgan fingerprint density at radius 3 is 0.588 bits per heavy atom. The van der Waals surface area contributed by atoms with Crippen molar-refractivity contribution in [1.29, 1.82) is 0 Å². The highest BCUT2D eigenvalue weighted by Crippen LogP contribution is 2.44. The van der Waals surface area contributed by atoms with Gasteiger partial charge in [-0.25, -0.2) is 49.8 Å². The lowest BCUT2D eigenvalue weighted by Crippen LogP contribution is -2.05. The van der Waals surface area contributed by atoms with Crippen molar-refractivity contribution in [3.05, 3.63) is 443 Å². The first-order valence-electron chi connectivity index (χ1n) is 43.8. The third kappa shape index (κ3) is 13.2. The van der Waals surface area contributed by atoms with Crippen LogP contribution in [0.5, 0.6) is 0 Å². The average Bonchev–Trinajstić information content (AvgIpc) is 1.59. The number of rotatable bonds is 14. The van der Waals surface area contributed by atoms with Gasteiger partial charge in [0, 0.05) is 106 Å². The maximum absolute atomic E-state index is 5.29. The van der Waals surface area contributed by atoms with Crippen LogP contribution in [-0.2, 0) is 0 Å². The van der Waals surface area contributed by atoms with Crippen molar-refractivity contribution < 1.29 is 0 Å². The smallest absolute Gasteiger partial charge is 0.201 e. The molecule has 0 aliphatic carbocycles. The van der Waals surface area contributed by atoms with Gasteiger partial charge in [-0.1, -0.05) is 285 Å². The van der Waals surface area contributed by atoms with Crippen LogP contribution >= 0.6 is 0 Å². The third-order valence-electron chi connectivity index (χ3n) is 25.0. The van der Waals surface area contributed by atoms with E-state index in [-0.39, 0.29) is 0 Å². The molecule has 0 amide bonds. The van der Waals surface area contributed by atoms with E-state index in [9.17, 15) is 0 Å². The Labute approximate surface area is 750 Å². The minimum absolute atomic E-state index is 0.392. The second kappa shape index (κ2) is 31.5. The zero-order valence-corrected chi connectivity index (χ0v) is 70.4. The van der Waals surface area contributed by atoms with E-state index in [1.807, 2.05) is 133 Å². The first-order valence-corrected chi connectivity index (χ1v) is 43.8. The van der Waals surface area contributed by atoms with Gasteiger partial charge in [0.25, 0.3) is 0 Å². The second-order valence-electron chi connectivity index (χ2n) is 32.7. The van der Waals surface area contributed by atoms with Crippen LogP contribution in [0, 0.1) is 0 Å². The fourth-order valence-corrected chi connectivity index (χ4v) is 19.0. The zero-order chi connectivity index (χ0) is 86.4. The van der Waals surface area contributed by atoms with Gasteiger partial charge in [0.05, 0.1) is 55.2 Å². The molecule has 0 aliphatic rings. The highest BCUT2D eigenvalue weighted by molar-refractivity contribution is 6.16. The summed E-state index contributed by atoms with van der Waals surface area (Å²) in [5, 5.41) is 11.8. The predicted molar refractivity (Wildman–Crippen MR) is 531 cm³/mol. The highest BCUT2D eigenvalue weighted by atomic mass is 15.1. The molecule has 26 aromatic rings. The van der Waals surface area contributed by atoms with Crippen LogP contribution in [-0.4, -0.2) is 72.7 Å². The number of hydrogen-bond donors (Lipinski definition) is 0. The summed E-state index contributed by atoms with van der Waals surface area (Å²) in [7, 11) is 0. The molecule has 0 saturated carbocycles. The van der Waals surface area contributed by atoms with E-state index in [1.54, 1.807) is 12.4 Å². The van der Waals surface area contributed by atoms with Crippen molar-refractivity contribution in [2.24, 2.45) is 0 Å². The quantitative estimate of drug-likeness (QED) is 0.103. The molecule has 0 aliphatic heterocycles. The minimum Gasteiger partial charge on any atom is -0.309 e. The molecule has 0 radical (unpaired) electrons. The molecule has 9 aromatic heterocycles. The standard InChI is InChI=1S/C67H42N8.C49H31N7/c1-5-17-43(18-6-1)64-70-65(44-19-7-2-8-20-44)72-67(71-64)66-68-38-37-63(69-66)75-61-35-31-47(45-29-33-59-53(39-45)51-25-13-15-27-57(51)73(59)49-21-9-3-10-22-49)41-55(61)56-42-48(32-36-62(56)75)46-30-34-60-54(40-46)52-26-14-16-28-58(52)74(60)50-23-11-4-12-24-50;1-4-14-32(15-5-1)46-52-47(33-16-6-2-7-17-33)54-49(53-46)48-50-29-28-45(51-48)56-42-23-13-11-21-38(42)40-31-35(25-27-44(40)56)34-24-26-43-39(30-34)37-20-10-12-22-41(37)55(43)36-18-8-3-9-19-36/h1-42H;1-31H. The third-order valence-corrected chi connectivity index (χ3v) is 25.0. The number of aromatic nitrogens is 15. The average molecular weight is 1680 g/mol. The number of benzene rings is 17. The van der Waals surface area contributed by atoms with E-state index in [0.29, 0.717) is 52.4 Å². The van der Waals surface area contributed by atoms with Crippen LogP contribution in [0.4, 0.5) is 0 Å². The largest absolute Gasteiger partial charge is 0.309 e. The number of fused-ring (bicyclic) bond motifs is 15. The Morgan fingerprint density at radius 1 is 0.130 bits per heavy atom. The fraction of sp³-hybridized carbons (Fsp3) is 0. The summed E-state index contributed by atoms with van der Waals surface area (Å²) in [6.07, 6.45) is 3.58. The lowest BCUT2D eigenvalue weighted by molar-refractivity contribution is 0.996. The van der Waals surface area contributed by atoms with Gasteiger partial charge in [-0.3, -0.25) is 9.13 Å². The summed E-state index contributed by atoms with van der Waals surface area (Å²) in [6, 6.07) is 151. The molecule has 15 heteroatoms. The maximum atomic E-state index is 5.29. The summed E-state index contributed by atoms with van der Waals surface area (Å²) in [5.74, 6) is 5.29. The minimum atomic E-state index is 0.392. The summed E-state index contributed by atoms with van der Waals surface area (Å²) >= 11 is 0. The van der Waals surface area contributed by atoms with E-state index in [0.717, 1.165) is 122 Å². The van der Waals surface area contributed by atoms with E-state index in [4.69, 9.17) is 49.8 Å². The van der Waals surface area contributed by atoms with Gasteiger partial charge in [-0.2, -0.15) is 0 Å². The molecular formula is C116H73N15. The molecule has 0 unspecified atom stereocenters. The summed E-state index contributed by atoms with van der Waals surface area (Å²) in [5.41, 5.74) is 25.0. The Bertz CT molecular complexity index is 8630. The lowest BCUT2D eigenvalue weighted by Gasteiger charge is -2.11. The molecule has 0 atom stereocenters. The van der Waals surface area contributed by atoms with Crippen molar-refractivity contribution in [2.45, 2.75) is 0 Å². The summed E-state index contributed by atoms with van der Waals surface area (Å²) in [6.45, 7) is 0. The van der Waals surface area contributed by atoms with Crippen LogP contribution in [0.15, 0.2) is 443 Å². The van der Waals surface area contributed by atoms with Crippen LogP contribution in [0.2, 0.25) is 0 Å². The molecule has 0 spiro atoms. The van der Waals surface area contributed by atoms with Gasteiger partial charge in [-0.15, -0.1) is 0 Å². The summed E-state index contributed by atoms with van der Waals surface area (Å²) < 4.78 is 11.5. The fourth-order valence-electron chi connectivity index (χ4n) is 19.0. The topological polar surface area (TPSA) is 154 Å². The van der Waals surface area contributed by atoms with Crippen molar-refractivity contribution in [3.8, 4) is 131 Å². The summed E-state index contributed by atoms with van der Waals surface area (Å²) in [4.78, 5) is 49.5. The number of para-hydroxylation sites is 7. The van der Waals surface area contributed by atoms with Crippen LogP contribution in [0.1, 0.15) is 0 Å². The molecule has 131 heavy (non-hydrogen) atoms. The van der Waals surface area contributed by atoms with Crippen molar-refractivity contribution in [3.63, 3.8) is 0 Å². The molecule has 612 valence electrons. The Morgan fingerprint density at radius 2 is 0.328 bits per heavy atom. The molecule has 0 saturated heterocycles. The van der Waals surface area contributed by atoms with Crippen LogP contribution in [0.25, 0.3) is 240 Å². The maximum Gasteiger partial charge on any atom is 0.201 e.